The fraction of sp³-hybridized carbons (Fsp3) is 0.536. The van der Waals surface area contributed by atoms with Gasteiger partial charge in [0.25, 0.3) is 0 Å². The molecule has 0 saturated carbocycles. The Bertz CT molecular complexity index is 838. The second-order valence-corrected chi connectivity index (χ2v) is 9.74. The monoisotopic (exact) mass is 448 g/mol. The fourth-order valence-electron chi connectivity index (χ4n) is 5.23. The first-order chi connectivity index (χ1) is 16.2. The molecule has 178 valence electrons. The largest absolute Gasteiger partial charge is 0.497 e. The summed E-state index contributed by atoms with van der Waals surface area (Å²) >= 11 is 0. The second kappa shape index (κ2) is 12.3. The SMILES string of the molecule is COc1ccc(/C=C/CN(Cc2ccncc2)CC2CCN(C3CCN(C)CC3)CC2)cc1. The Kier molecular flexibility index (Phi) is 8.93. The molecule has 0 aliphatic carbocycles. The number of hydrogen-bond donors (Lipinski definition) is 0. The number of likely N-dealkylation sites (tertiary alicyclic amines) is 2. The van der Waals surface area contributed by atoms with Gasteiger partial charge in [0.2, 0.25) is 0 Å². The lowest BCUT2D eigenvalue weighted by Gasteiger charge is -2.41. The summed E-state index contributed by atoms with van der Waals surface area (Å²) in [6.45, 7) is 8.15. The summed E-state index contributed by atoms with van der Waals surface area (Å²) in [6.07, 6.45) is 13.7. The highest BCUT2D eigenvalue weighted by Crippen LogP contribution is 2.25. The molecule has 0 atom stereocenters. The van der Waals surface area contributed by atoms with Gasteiger partial charge in [0.05, 0.1) is 7.11 Å². The molecular weight excluding hydrogens is 408 g/mol. The van der Waals surface area contributed by atoms with Crippen molar-refractivity contribution in [2.75, 3.05) is 53.4 Å². The number of ether oxygens (including phenoxy) is 1. The number of rotatable bonds is 9. The maximum Gasteiger partial charge on any atom is 0.118 e. The zero-order valence-electron chi connectivity index (χ0n) is 20.4. The van der Waals surface area contributed by atoms with Gasteiger partial charge in [-0.05, 0) is 100 Å². The van der Waals surface area contributed by atoms with Crippen LogP contribution in [0.4, 0.5) is 0 Å². The average Bonchev–Trinajstić information content (AvgIpc) is 2.86. The Morgan fingerprint density at radius 1 is 0.970 bits per heavy atom. The van der Waals surface area contributed by atoms with Crippen LogP contribution in [-0.2, 0) is 6.54 Å². The van der Waals surface area contributed by atoms with Crippen LogP contribution in [0, 0.1) is 5.92 Å². The molecule has 1 aromatic carbocycles. The zero-order chi connectivity index (χ0) is 22.9. The van der Waals surface area contributed by atoms with Crippen LogP contribution in [-0.4, -0.2) is 79.2 Å². The Labute approximate surface area is 200 Å². The minimum absolute atomic E-state index is 0.781. The molecule has 4 rings (SSSR count). The van der Waals surface area contributed by atoms with Gasteiger partial charge in [-0.3, -0.25) is 9.88 Å². The molecule has 3 heterocycles. The van der Waals surface area contributed by atoms with Gasteiger partial charge in [0, 0.05) is 38.1 Å². The highest BCUT2D eigenvalue weighted by Gasteiger charge is 2.28. The van der Waals surface area contributed by atoms with E-state index >= 15 is 0 Å². The van der Waals surface area contributed by atoms with E-state index in [0.29, 0.717) is 0 Å². The van der Waals surface area contributed by atoms with E-state index in [0.717, 1.165) is 37.3 Å². The molecule has 1 aromatic heterocycles. The molecule has 2 saturated heterocycles. The molecule has 0 amide bonds. The van der Waals surface area contributed by atoms with Crippen molar-refractivity contribution in [1.82, 2.24) is 19.7 Å². The van der Waals surface area contributed by atoms with Crippen LogP contribution in [0.3, 0.4) is 0 Å². The van der Waals surface area contributed by atoms with Gasteiger partial charge in [-0.25, -0.2) is 0 Å². The van der Waals surface area contributed by atoms with Gasteiger partial charge in [-0.2, -0.15) is 0 Å². The molecular formula is C28H40N4O. The predicted octanol–water partition coefficient (Wildman–Crippen LogP) is 4.41. The van der Waals surface area contributed by atoms with Crippen molar-refractivity contribution in [2.45, 2.75) is 38.3 Å². The van der Waals surface area contributed by atoms with Crippen LogP contribution >= 0.6 is 0 Å². The third-order valence-electron chi connectivity index (χ3n) is 7.32. The van der Waals surface area contributed by atoms with E-state index < -0.39 is 0 Å². The third-order valence-corrected chi connectivity index (χ3v) is 7.32. The maximum atomic E-state index is 5.27. The molecule has 0 N–H and O–H groups in total. The number of hydrogen-bond acceptors (Lipinski definition) is 5. The van der Waals surface area contributed by atoms with Crippen LogP contribution in [0.15, 0.2) is 54.9 Å². The molecule has 2 aliphatic heterocycles. The van der Waals surface area contributed by atoms with Gasteiger partial charge < -0.3 is 14.5 Å². The summed E-state index contributed by atoms with van der Waals surface area (Å²) < 4.78 is 5.27. The van der Waals surface area contributed by atoms with E-state index in [4.69, 9.17) is 4.74 Å². The summed E-state index contributed by atoms with van der Waals surface area (Å²) in [4.78, 5) is 12.0. The summed E-state index contributed by atoms with van der Waals surface area (Å²) in [5.41, 5.74) is 2.55. The van der Waals surface area contributed by atoms with Gasteiger partial charge in [0.15, 0.2) is 0 Å². The first kappa shape index (κ1) is 23.9. The Hall–Kier alpha value is -2.21. The van der Waals surface area contributed by atoms with Crippen molar-refractivity contribution in [1.29, 1.82) is 0 Å². The molecule has 33 heavy (non-hydrogen) atoms. The summed E-state index contributed by atoms with van der Waals surface area (Å²) in [5, 5.41) is 0. The molecule has 2 aromatic rings. The standard InChI is InChI=1S/C28H40N4O/c1-30-18-13-27(14-19-30)32-20-11-26(12-21-32)23-31(22-25-9-15-29-16-10-25)17-3-4-24-5-7-28(33-2)8-6-24/h3-10,15-16,26-27H,11-14,17-23H2,1-2H3/b4-3+. The van der Waals surface area contributed by atoms with E-state index in [1.165, 1.54) is 63.0 Å². The fourth-order valence-corrected chi connectivity index (χ4v) is 5.23. The topological polar surface area (TPSA) is 31.8 Å². The number of piperidine rings is 2. The lowest BCUT2D eigenvalue weighted by atomic mass is 9.93. The molecule has 5 nitrogen and oxygen atoms in total. The van der Waals surface area contributed by atoms with Crippen molar-refractivity contribution in [3.63, 3.8) is 0 Å². The molecule has 2 aliphatic rings. The smallest absolute Gasteiger partial charge is 0.118 e. The van der Waals surface area contributed by atoms with Crippen LogP contribution < -0.4 is 4.74 Å². The molecule has 0 bridgehead atoms. The molecule has 0 unspecified atom stereocenters. The zero-order valence-corrected chi connectivity index (χ0v) is 20.4. The van der Waals surface area contributed by atoms with Gasteiger partial charge >= 0.3 is 0 Å². The Morgan fingerprint density at radius 2 is 1.67 bits per heavy atom. The highest BCUT2D eigenvalue weighted by molar-refractivity contribution is 5.50. The predicted molar refractivity (Wildman–Crippen MR) is 136 cm³/mol. The number of nitrogens with zero attached hydrogens (tertiary/aromatic N) is 4. The van der Waals surface area contributed by atoms with Crippen LogP contribution in [0.25, 0.3) is 6.08 Å². The van der Waals surface area contributed by atoms with Crippen molar-refractivity contribution >= 4 is 6.08 Å². The number of aromatic nitrogens is 1. The molecule has 2 fully saturated rings. The Balaban J connectivity index is 1.31. The lowest BCUT2D eigenvalue weighted by molar-refractivity contribution is 0.0754. The van der Waals surface area contributed by atoms with Crippen LogP contribution in [0.1, 0.15) is 36.8 Å². The van der Waals surface area contributed by atoms with Crippen molar-refractivity contribution in [3.8, 4) is 5.75 Å². The van der Waals surface area contributed by atoms with E-state index in [1.807, 2.05) is 24.5 Å². The van der Waals surface area contributed by atoms with E-state index in [1.54, 1.807) is 7.11 Å². The van der Waals surface area contributed by atoms with Crippen molar-refractivity contribution < 1.29 is 4.74 Å². The number of methoxy groups -OCH3 is 1. The lowest BCUT2D eigenvalue weighted by Crippen LogP contribution is -2.48. The normalized spacial score (nSPS) is 19.5. The molecule has 5 heteroatoms. The maximum absolute atomic E-state index is 5.27. The summed E-state index contributed by atoms with van der Waals surface area (Å²) in [5.74, 6) is 1.68. The highest BCUT2D eigenvalue weighted by atomic mass is 16.5. The van der Waals surface area contributed by atoms with Crippen molar-refractivity contribution in [3.05, 3.63) is 66.0 Å². The molecule has 0 spiro atoms. The minimum atomic E-state index is 0.781. The summed E-state index contributed by atoms with van der Waals surface area (Å²) in [7, 11) is 3.96. The quantitative estimate of drug-likeness (QED) is 0.567. The van der Waals surface area contributed by atoms with Gasteiger partial charge in [0.1, 0.15) is 5.75 Å². The van der Waals surface area contributed by atoms with Gasteiger partial charge in [-0.15, -0.1) is 0 Å². The average molecular weight is 449 g/mol. The van der Waals surface area contributed by atoms with E-state index in [2.05, 4.69) is 63.1 Å². The minimum Gasteiger partial charge on any atom is -0.497 e. The second-order valence-electron chi connectivity index (χ2n) is 9.74. The summed E-state index contributed by atoms with van der Waals surface area (Å²) in [6, 6.07) is 13.4. The van der Waals surface area contributed by atoms with Crippen molar-refractivity contribution in [2.24, 2.45) is 5.92 Å². The third kappa shape index (κ3) is 7.39. The molecule has 0 radical (unpaired) electrons. The first-order valence-corrected chi connectivity index (χ1v) is 12.5. The Morgan fingerprint density at radius 3 is 2.33 bits per heavy atom. The van der Waals surface area contributed by atoms with E-state index in [9.17, 15) is 0 Å². The number of benzene rings is 1. The van der Waals surface area contributed by atoms with Gasteiger partial charge in [-0.1, -0.05) is 24.3 Å². The number of pyridine rings is 1. The van der Waals surface area contributed by atoms with Crippen LogP contribution in [0.2, 0.25) is 0 Å². The van der Waals surface area contributed by atoms with E-state index in [-0.39, 0.29) is 0 Å². The first-order valence-electron chi connectivity index (χ1n) is 12.5. The van der Waals surface area contributed by atoms with Crippen LogP contribution in [0.5, 0.6) is 5.75 Å².